The Labute approximate surface area is 83.7 Å². The Balaban J connectivity index is 2.25. The fraction of sp³-hybridized carbons (Fsp3) is 0.500. The van der Waals surface area contributed by atoms with Crippen molar-refractivity contribution in [1.29, 1.82) is 0 Å². The molecule has 1 aromatic rings. The zero-order valence-corrected chi connectivity index (χ0v) is 8.53. The summed E-state index contributed by atoms with van der Waals surface area (Å²) in [5.74, 6) is 1.52. The molecule has 1 aliphatic rings. The first-order valence-electron chi connectivity index (χ1n) is 4.77. The van der Waals surface area contributed by atoms with Crippen LogP contribution in [-0.2, 0) is 0 Å². The van der Waals surface area contributed by atoms with Crippen LogP contribution in [0.3, 0.4) is 0 Å². The van der Waals surface area contributed by atoms with E-state index in [0.29, 0.717) is 11.8 Å². The minimum absolute atomic E-state index is 0.370. The number of hydrogen-bond acceptors (Lipinski definition) is 4. The van der Waals surface area contributed by atoms with Gasteiger partial charge in [0.2, 0.25) is 0 Å². The zero-order chi connectivity index (χ0) is 10.1. The summed E-state index contributed by atoms with van der Waals surface area (Å²) in [5.41, 5.74) is 6.56. The maximum absolute atomic E-state index is 5.93. The van der Waals surface area contributed by atoms with E-state index in [1.807, 2.05) is 25.1 Å². The molecular weight excluding hydrogens is 178 g/mol. The molecule has 0 unspecified atom stereocenters. The number of pyridine rings is 1. The van der Waals surface area contributed by atoms with Crippen molar-refractivity contribution >= 4 is 11.5 Å². The predicted molar refractivity (Wildman–Crippen MR) is 56.6 cm³/mol. The zero-order valence-electron chi connectivity index (χ0n) is 8.53. The van der Waals surface area contributed by atoms with Gasteiger partial charge in [0.05, 0.1) is 6.10 Å². The van der Waals surface area contributed by atoms with Crippen molar-refractivity contribution < 1.29 is 4.74 Å². The van der Waals surface area contributed by atoms with Gasteiger partial charge in [-0.25, -0.2) is 4.98 Å². The molecule has 14 heavy (non-hydrogen) atoms. The molecule has 0 aromatic carbocycles. The van der Waals surface area contributed by atoms with E-state index in [-0.39, 0.29) is 0 Å². The van der Waals surface area contributed by atoms with Gasteiger partial charge in [-0.15, -0.1) is 0 Å². The van der Waals surface area contributed by atoms with E-state index in [2.05, 4.69) is 4.98 Å². The molecule has 0 spiro atoms. The number of aromatic nitrogens is 1. The summed E-state index contributed by atoms with van der Waals surface area (Å²) in [6.45, 7) is 0. The van der Waals surface area contributed by atoms with Crippen LogP contribution in [0, 0.1) is 0 Å². The maximum atomic E-state index is 5.93. The highest BCUT2D eigenvalue weighted by molar-refractivity contribution is 5.69. The van der Waals surface area contributed by atoms with Crippen molar-refractivity contribution in [1.82, 2.24) is 4.98 Å². The van der Waals surface area contributed by atoms with Gasteiger partial charge in [0, 0.05) is 26.4 Å². The van der Waals surface area contributed by atoms with Crippen LogP contribution < -0.4 is 15.4 Å². The maximum Gasteiger partial charge on any atom is 0.155 e. The van der Waals surface area contributed by atoms with Crippen molar-refractivity contribution in [3.05, 3.63) is 12.3 Å². The van der Waals surface area contributed by atoms with Gasteiger partial charge in [-0.1, -0.05) is 0 Å². The van der Waals surface area contributed by atoms with Crippen LogP contribution in [0.15, 0.2) is 12.3 Å². The van der Waals surface area contributed by atoms with Crippen LogP contribution in [-0.4, -0.2) is 25.2 Å². The molecular formula is C10H15N3O. The lowest BCUT2D eigenvalue weighted by atomic mass is 10.3. The van der Waals surface area contributed by atoms with E-state index >= 15 is 0 Å². The van der Waals surface area contributed by atoms with Gasteiger partial charge in [0.25, 0.3) is 0 Å². The van der Waals surface area contributed by atoms with Gasteiger partial charge in [0.1, 0.15) is 11.4 Å². The first-order chi connectivity index (χ1) is 6.68. The van der Waals surface area contributed by atoms with Crippen LogP contribution in [0.2, 0.25) is 0 Å². The molecule has 76 valence electrons. The molecule has 4 nitrogen and oxygen atoms in total. The number of ether oxygens (including phenoxy) is 1. The van der Waals surface area contributed by atoms with Crippen molar-refractivity contribution in [2.75, 3.05) is 24.7 Å². The van der Waals surface area contributed by atoms with Crippen LogP contribution in [0.5, 0.6) is 5.75 Å². The Morgan fingerprint density at radius 2 is 2.21 bits per heavy atom. The number of rotatable bonds is 3. The molecule has 2 N–H and O–H groups in total. The average Bonchev–Trinajstić information content (AvgIpc) is 2.92. The van der Waals surface area contributed by atoms with Crippen molar-refractivity contribution in [3.8, 4) is 5.75 Å². The third kappa shape index (κ3) is 1.73. The minimum atomic E-state index is 0.370. The highest BCUT2D eigenvalue weighted by Crippen LogP contribution is 2.33. The van der Waals surface area contributed by atoms with Gasteiger partial charge in [0.15, 0.2) is 5.82 Å². The Morgan fingerprint density at radius 1 is 1.50 bits per heavy atom. The Kier molecular flexibility index (Phi) is 2.19. The topological polar surface area (TPSA) is 51.4 Å². The molecule has 1 fully saturated rings. The molecule has 0 radical (unpaired) electrons. The molecule has 0 amide bonds. The SMILES string of the molecule is CN(C)c1nccc(OC2CC2)c1N. The average molecular weight is 193 g/mol. The minimum Gasteiger partial charge on any atom is -0.488 e. The summed E-state index contributed by atoms with van der Waals surface area (Å²) >= 11 is 0. The van der Waals surface area contributed by atoms with Crippen molar-refractivity contribution in [2.24, 2.45) is 0 Å². The van der Waals surface area contributed by atoms with E-state index in [1.165, 1.54) is 0 Å². The highest BCUT2D eigenvalue weighted by Gasteiger charge is 2.25. The molecule has 0 bridgehead atoms. The smallest absolute Gasteiger partial charge is 0.155 e. The molecule has 0 aliphatic heterocycles. The van der Waals surface area contributed by atoms with Crippen LogP contribution in [0.25, 0.3) is 0 Å². The lowest BCUT2D eigenvalue weighted by Gasteiger charge is -2.16. The van der Waals surface area contributed by atoms with Gasteiger partial charge in [-0.2, -0.15) is 0 Å². The summed E-state index contributed by atoms with van der Waals surface area (Å²) in [7, 11) is 3.83. The molecule has 4 heteroatoms. The Bertz CT molecular complexity index is 334. The first kappa shape index (κ1) is 9.12. The number of hydrogen-bond donors (Lipinski definition) is 1. The van der Waals surface area contributed by atoms with E-state index in [4.69, 9.17) is 10.5 Å². The second-order valence-corrected chi connectivity index (χ2v) is 3.76. The van der Waals surface area contributed by atoms with Gasteiger partial charge < -0.3 is 15.4 Å². The molecule has 1 saturated carbocycles. The quantitative estimate of drug-likeness (QED) is 0.785. The summed E-state index contributed by atoms with van der Waals surface area (Å²) in [5, 5.41) is 0. The lowest BCUT2D eigenvalue weighted by molar-refractivity contribution is 0.304. The molecule has 0 saturated heterocycles. The van der Waals surface area contributed by atoms with Crippen LogP contribution >= 0.6 is 0 Å². The fourth-order valence-electron chi connectivity index (χ4n) is 1.27. The highest BCUT2D eigenvalue weighted by atomic mass is 16.5. The van der Waals surface area contributed by atoms with Crippen molar-refractivity contribution in [3.63, 3.8) is 0 Å². The van der Waals surface area contributed by atoms with Crippen LogP contribution in [0.4, 0.5) is 11.5 Å². The van der Waals surface area contributed by atoms with E-state index in [0.717, 1.165) is 24.4 Å². The fourth-order valence-corrected chi connectivity index (χ4v) is 1.27. The monoisotopic (exact) mass is 193 g/mol. The first-order valence-corrected chi connectivity index (χ1v) is 4.77. The third-order valence-electron chi connectivity index (χ3n) is 2.17. The van der Waals surface area contributed by atoms with Gasteiger partial charge >= 0.3 is 0 Å². The third-order valence-corrected chi connectivity index (χ3v) is 2.17. The van der Waals surface area contributed by atoms with E-state index in [1.54, 1.807) is 6.20 Å². The summed E-state index contributed by atoms with van der Waals surface area (Å²) in [6.07, 6.45) is 4.37. The number of nitrogens with zero attached hydrogens (tertiary/aromatic N) is 2. The summed E-state index contributed by atoms with van der Waals surface area (Å²) in [6, 6.07) is 1.82. The number of nitrogens with two attached hydrogens (primary N) is 1. The standard InChI is InChI=1S/C10H15N3O/c1-13(2)10-9(11)8(5-6-12-10)14-7-3-4-7/h5-7H,3-4,11H2,1-2H3. The van der Waals surface area contributed by atoms with Gasteiger partial charge in [-0.05, 0) is 12.8 Å². The molecule has 1 aromatic heterocycles. The molecule has 1 aliphatic carbocycles. The largest absolute Gasteiger partial charge is 0.488 e. The Hall–Kier alpha value is -1.45. The van der Waals surface area contributed by atoms with Gasteiger partial charge in [-0.3, -0.25) is 0 Å². The normalized spacial score (nSPS) is 15.3. The summed E-state index contributed by atoms with van der Waals surface area (Å²) < 4.78 is 5.66. The van der Waals surface area contributed by atoms with Crippen LogP contribution in [0.1, 0.15) is 12.8 Å². The predicted octanol–water partition coefficient (Wildman–Crippen LogP) is 1.27. The second-order valence-electron chi connectivity index (χ2n) is 3.76. The number of nitrogen functional groups attached to an aromatic ring is 1. The molecule has 1 heterocycles. The lowest BCUT2D eigenvalue weighted by Crippen LogP contribution is -2.14. The Morgan fingerprint density at radius 3 is 2.79 bits per heavy atom. The molecule has 2 rings (SSSR count). The summed E-state index contributed by atoms with van der Waals surface area (Å²) in [4.78, 5) is 6.07. The number of anilines is 2. The van der Waals surface area contributed by atoms with Crippen molar-refractivity contribution in [2.45, 2.75) is 18.9 Å². The van der Waals surface area contributed by atoms with E-state index in [9.17, 15) is 0 Å². The van der Waals surface area contributed by atoms with E-state index < -0.39 is 0 Å². The molecule has 0 atom stereocenters. The second kappa shape index (κ2) is 3.36.